The molecule has 4 nitrogen and oxygen atoms in total. The molecule has 0 aliphatic rings. The largest absolute Gasteiger partial charge is 0.382 e. The molecule has 1 N–H and O–H groups in total. The number of hydrogen-bond acceptors (Lipinski definition) is 3. The van der Waals surface area contributed by atoms with E-state index in [1.807, 2.05) is 6.92 Å². The van der Waals surface area contributed by atoms with Crippen molar-refractivity contribution in [3.05, 3.63) is 33.9 Å². The summed E-state index contributed by atoms with van der Waals surface area (Å²) in [6.07, 6.45) is 1.71. The minimum absolute atomic E-state index is 0.0742. The molecule has 0 saturated heterocycles. The number of non-ortho nitro benzene ring substituents is 1. The highest BCUT2D eigenvalue weighted by Gasteiger charge is 2.10. The molecule has 0 spiro atoms. The van der Waals surface area contributed by atoms with Crippen LogP contribution >= 0.6 is 0 Å². The molecule has 18 heavy (non-hydrogen) atoms. The lowest BCUT2D eigenvalue weighted by Gasteiger charge is -2.14. The molecule has 0 amide bonds. The van der Waals surface area contributed by atoms with Crippen LogP contribution in [0.15, 0.2) is 18.2 Å². The molecule has 1 atom stereocenters. The molecule has 1 aromatic rings. The molecule has 0 fully saturated rings. The van der Waals surface area contributed by atoms with Crippen molar-refractivity contribution in [3.8, 4) is 11.8 Å². The molecule has 0 radical (unpaired) electrons. The SMILES string of the molecule is CCC#Cc1cc([N+](=O)[O-])ccc1N[C@@H](C)CC. The molecule has 0 aliphatic carbocycles. The first-order valence-electron chi connectivity index (χ1n) is 6.12. The van der Waals surface area contributed by atoms with Crippen molar-refractivity contribution < 1.29 is 4.92 Å². The molecule has 0 aliphatic heterocycles. The Bertz CT molecular complexity index is 486. The van der Waals surface area contributed by atoms with Crippen molar-refractivity contribution in [1.29, 1.82) is 0 Å². The van der Waals surface area contributed by atoms with Crippen LogP contribution < -0.4 is 5.32 Å². The van der Waals surface area contributed by atoms with E-state index in [1.54, 1.807) is 6.07 Å². The van der Waals surface area contributed by atoms with Crippen molar-refractivity contribution in [2.45, 2.75) is 39.7 Å². The number of nitrogens with zero attached hydrogens (tertiary/aromatic N) is 1. The van der Waals surface area contributed by atoms with Crippen LogP contribution in [0, 0.1) is 22.0 Å². The highest BCUT2D eigenvalue weighted by molar-refractivity contribution is 5.63. The number of nitrogens with one attached hydrogen (secondary N) is 1. The third-order valence-corrected chi connectivity index (χ3v) is 2.63. The molecule has 1 rings (SSSR count). The van der Waals surface area contributed by atoms with Crippen LogP contribution in [0.2, 0.25) is 0 Å². The number of nitro benzene ring substituents is 1. The summed E-state index contributed by atoms with van der Waals surface area (Å²) in [5.41, 5.74) is 1.62. The lowest BCUT2D eigenvalue weighted by atomic mass is 10.1. The second-order valence-corrected chi connectivity index (χ2v) is 4.10. The van der Waals surface area contributed by atoms with Crippen LogP contribution in [0.1, 0.15) is 39.2 Å². The van der Waals surface area contributed by atoms with Gasteiger partial charge in [-0.2, -0.15) is 0 Å². The summed E-state index contributed by atoms with van der Waals surface area (Å²) < 4.78 is 0. The van der Waals surface area contributed by atoms with Crippen LogP contribution in [-0.4, -0.2) is 11.0 Å². The van der Waals surface area contributed by atoms with Gasteiger partial charge < -0.3 is 5.32 Å². The standard InChI is InChI=1S/C14H18N2O2/c1-4-6-7-12-10-13(16(17)18)8-9-14(12)15-11(3)5-2/h8-11,15H,4-5H2,1-3H3/t11-/m0/s1. The normalized spacial score (nSPS) is 11.3. The van der Waals surface area contributed by atoms with E-state index in [4.69, 9.17) is 0 Å². The monoisotopic (exact) mass is 246 g/mol. The van der Waals surface area contributed by atoms with Gasteiger partial charge in [0.1, 0.15) is 0 Å². The zero-order valence-electron chi connectivity index (χ0n) is 11.0. The highest BCUT2D eigenvalue weighted by atomic mass is 16.6. The molecular formula is C14H18N2O2. The predicted molar refractivity (Wildman–Crippen MR) is 73.6 cm³/mol. The van der Waals surface area contributed by atoms with Crippen molar-refractivity contribution in [2.24, 2.45) is 0 Å². The highest BCUT2D eigenvalue weighted by Crippen LogP contribution is 2.22. The number of benzene rings is 1. The Morgan fingerprint density at radius 1 is 1.44 bits per heavy atom. The van der Waals surface area contributed by atoms with Crippen molar-refractivity contribution in [3.63, 3.8) is 0 Å². The van der Waals surface area contributed by atoms with Gasteiger partial charge in [0.05, 0.1) is 16.2 Å². The van der Waals surface area contributed by atoms with E-state index in [9.17, 15) is 10.1 Å². The van der Waals surface area contributed by atoms with Crippen LogP contribution in [0.5, 0.6) is 0 Å². The minimum atomic E-state index is -0.399. The van der Waals surface area contributed by atoms with E-state index in [2.05, 4.69) is 31.0 Å². The number of rotatable bonds is 4. The average molecular weight is 246 g/mol. The van der Waals surface area contributed by atoms with Crippen molar-refractivity contribution in [2.75, 3.05) is 5.32 Å². The Balaban J connectivity index is 3.12. The van der Waals surface area contributed by atoms with E-state index >= 15 is 0 Å². The molecule has 0 saturated carbocycles. The first kappa shape index (κ1) is 14.0. The van der Waals surface area contributed by atoms with Gasteiger partial charge in [-0.1, -0.05) is 25.7 Å². The van der Waals surface area contributed by atoms with Gasteiger partial charge >= 0.3 is 0 Å². The van der Waals surface area contributed by atoms with Crippen LogP contribution in [0.3, 0.4) is 0 Å². The Morgan fingerprint density at radius 3 is 2.72 bits per heavy atom. The lowest BCUT2D eigenvalue weighted by molar-refractivity contribution is -0.384. The van der Waals surface area contributed by atoms with Gasteiger partial charge in [-0.3, -0.25) is 10.1 Å². The molecule has 0 heterocycles. The Hall–Kier alpha value is -2.02. The Kier molecular flexibility index (Phi) is 5.19. The van der Waals surface area contributed by atoms with Crippen LogP contribution in [0.4, 0.5) is 11.4 Å². The fourth-order valence-electron chi connectivity index (χ4n) is 1.43. The summed E-state index contributed by atoms with van der Waals surface area (Å²) in [5, 5.41) is 14.1. The fraction of sp³-hybridized carbons (Fsp3) is 0.429. The maximum Gasteiger partial charge on any atom is 0.270 e. The average Bonchev–Trinajstić information content (AvgIpc) is 2.37. The van der Waals surface area contributed by atoms with Gasteiger partial charge in [-0.05, 0) is 19.4 Å². The molecule has 96 valence electrons. The van der Waals surface area contributed by atoms with Gasteiger partial charge in [0, 0.05) is 24.6 Å². The van der Waals surface area contributed by atoms with Gasteiger partial charge in [0.15, 0.2) is 0 Å². The molecule has 0 unspecified atom stereocenters. The zero-order valence-corrected chi connectivity index (χ0v) is 11.0. The third kappa shape index (κ3) is 3.77. The maximum absolute atomic E-state index is 10.8. The second-order valence-electron chi connectivity index (χ2n) is 4.10. The van der Waals surface area contributed by atoms with Crippen molar-refractivity contribution >= 4 is 11.4 Å². The number of nitro groups is 1. The summed E-state index contributed by atoms with van der Waals surface area (Å²) in [6, 6.07) is 5.06. The quantitative estimate of drug-likeness (QED) is 0.502. The van der Waals surface area contributed by atoms with Gasteiger partial charge in [-0.25, -0.2) is 0 Å². The van der Waals surface area contributed by atoms with Crippen LogP contribution in [-0.2, 0) is 0 Å². The molecular weight excluding hydrogens is 228 g/mol. The summed E-state index contributed by atoms with van der Waals surface area (Å²) >= 11 is 0. The van der Waals surface area contributed by atoms with E-state index in [0.717, 1.165) is 18.5 Å². The molecule has 4 heteroatoms. The van der Waals surface area contributed by atoms with E-state index in [0.29, 0.717) is 11.6 Å². The Morgan fingerprint density at radius 2 is 2.17 bits per heavy atom. The Labute approximate surface area is 108 Å². The summed E-state index contributed by atoms with van der Waals surface area (Å²) in [5.74, 6) is 5.92. The van der Waals surface area contributed by atoms with Crippen molar-refractivity contribution in [1.82, 2.24) is 0 Å². The molecule has 1 aromatic carbocycles. The van der Waals surface area contributed by atoms with Crippen LogP contribution in [0.25, 0.3) is 0 Å². The maximum atomic E-state index is 10.8. The summed E-state index contributed by atoms with van der Waals surface area (Å²) in [6.45, 7) is 6.10. The number of hydrogen-bond donors (Lipinski definition) is 1. The van der Waals surface area contributed by atoms with Gasteiger partial charge in [0.2, 0.25) is 0 Å². The zero-order chi connectivity index (χ0) is 13.5. The van der Waals surface area contributed by atoms with E-state index in [1.165, 1.54) is 12.1 Å². The van der Waals surface area contributed by atoms with Gasteiger partial charge in [0.25, 0.3) is 5.69 Å². The third-order valence-electron chi connectivity index (χ3n) is 2.63. The molecule has 0 bridgehead atoms. The summed E-state index contributed by atoms with van der Waals surface area (Å²) in [7, 11) is 0. The lowest BCUT2D eigenvalue weighted by Crippen LogP contribution is -2.14. The number of anilines is 1. The first-order valence-corrected chi connectivity index (χ1v) is 6.12. The predicted octanol–water partition coefficient (Wildman–Crippen LogP) is 3.57. The van der Waals surface area contributed by atoms with Gasteiger partial charge in [-0.15, -0.1) is 0 Å². The first-order chi connectivity index (χ1) is 8.58. The fourth-order valence-corrected chi connectivity index (χ4v) is 1.43. The molecule has 0 aromatic heterocycles. The summed E-state index contributed by atoms with van der Waals surface area (Å²) in [4.78, 5) is 10.4. The topological polar surface area (TPSA) is 55.2 Å². The van der Waals surface area contributed by atoms with E-state index < -0.39 is 4.92 Å². The second kappa shape index (κ2) is 6.65. The smallest absolute Gasteiger partial charge is 0.270 e. The minimum Gasteiger partial charge on any atom is -0.382 e. The van der Waals surface area contributed by atoms with E-state index in [-0.39, 0.29) is 5.69 Å².